The topological polar surface area (TPSA) is 38.8 Å². The number of esters is 1. The minimum absolute atomic E-state index is 0.0172. The van der Waals surface area contributed by atoms with Gasteiger partial charge in [0.2, 0.25) is 0 Å². The molecule has 2 aromatic rings. The van der Waals surface area contributed by atoms with Gasteiger partial charge in [0.05, 0.1) is 18.3 Å². The molecule has 1 saturated heterocycles. The minimum Gasteiger partial charge on any atom is -0.438 e. The predicted octanol–water partition coefficient (Wildman–Crippen LogP) is 3.32. The van der Waals surface area contributed by atoms with Gasteiger partial charge < -0.3 is 9.47 Å². The summed E-state index contributed by atoms with van der Waals surface area (Å²) in [7, 11) is 0. The second kappa shape index (κ2) is 5.80. The van der Waals surface area contributed by atoms with Gasteiger partial charge in [-0.3, -0.25) is 4.90 Å². The maximum Gasteiger partial charge on any atom is 0.340 e. The molecule has 0 aliphatic carbocycles. The molecule has 118 valence electrons. The number of carbonyl (C=O) groups excluding carboxylic acids is 1. The van der Waals surface area contributed by atoms with Gasteiger partial charge in [-0.1, -0.05) is 48.5 Å². The van der Waals surface area contributed by atoms with Crippen LogP contribution in [0.5, 0.6) is 0 Å². The third kappa shape index (κ3) is 2.44. The zero-order chi connectivity index (χ0) is 15.8. The number of morpholine rings is 1. The van der Waals surface area contributed by atoms with Gasteiger partial charge >= 0.3 is 5.97 Å². The van der Waals surface area contributed by atoms with E-state index in [0.717, 1.165) is 17.7 Å². The van der Waals surface area contributed by atoms with Crippen LogP contribution in [-0.4, -0.2) is 30.1 Å². The van der Waals surface area contributed by atoms with Gasteiger partial charge in [0.15, 0.2) is 6.23 Å². The Morgan fingerprint density at radius 3 is 2.61 bits per heavy atom. The van der Waals surface area contributed by atoms with Crippen molar-refractivity contribution in [1.29, 1.82) is 0 Å². The van der Waals surface area contributed by atoms with E-state index < -0.39 is 0 Å². The van der Waals surface area contributed by atoms with E-state index in [1.165, 1.54) is 0 Å². The smallest absolute Gasteiger partial charge is 0.340 e. The highest BCUT2D eigenvalue weighted by Crippen LogP contribution is 2.39. The lowest BCUT2D eigenvalue weighted by molar-refractivity contribution is -0.129. The second-order valence-corrected chi connectivity index (χ2v) is 6.03. The molecule has 3 atom stereocenters. The lowest BCUT2D eigenvalue weighted by Gasteiger charge is -2.41. The molecule has 0 bridgehead atoms. The fraction of sp³-hybridized carbons (Fsp3) is 0.316. The van der Waals surface area contributed by atoms with Crippen molar-refractivity contribution < 1.29 is 14.3 Å². The van der Waals surface area contributed by atoms with E-state index in [4.69, 9.17) is 9.47 Å². The summed E-state index contributed by atoms with van der Waals surface area (Å²) in [5, 5.41) is 0. The molecule has 0 spiro atoms. The molecule has 4 rings (SSSR count). The predicted molar refractivity (Wildman–Crippen MR) is 85.9 cm³/mol. The quantitative estimate of drug-likeness (QED) is 0.798. The normalized spacial score (nSPS) is 27.5. The Labute approximate surface area is 135 Å². The highest BCUT2D eigenvalue weighted by molar-refractivity contribution is 5.93. The number of cyclic esters (lactones) is 1. The molecule has 0 radical (unpaired) electrons. The highest BCUT2D eigenvalue weighted by Gasteiger charge is 2.41. The molecule has 1 fully saturated rings. The standard InChI is InChI=1S/C19H19NO3/c1-13-17(14-7-3-2-4-8-14)22-12-11-20(13)18-15-9-5-6-10-16(15)19(21)23-18/h2-10,13,17-18H,11-12H2,1H3. The molecule has 3 unspecified atom stereocenters. The van der Waals surface area contributed by atoms with Gasteiger partial charge in [-0.15, -0.1) is 0 Å². The first-order chi connectivity index (χ1) is 11.3. The number of rotatable bonds is 2. The van der Waals surface area contributed by atoms with Crippen LogP contribution in [0.4, 0.5) is 0 Å². The van der Waals surface area contributed by atoms with Crippen molar-refractivity contribution in [3.05, 3.63) is 71.3 Å². The molecule has 2 aliphatic heterocycles. The maximum absolute atomic E-state index is 12.1. The van der Waals surface area contributed by atoms with Gasteiger partial charge in [0.1, 0.15) is 0 Å². The number of fused-ring (bicyclic) bond motifs is 1. The summed E-state index contributed by atoms with van der Waals surface area (Å²) in [6, 6.07) is 18.0. The monoisotopic (exact) mass is 309 g/mol. The average molecular weight is 309 g/mol. The van der Waals surface area contributed by atoms with E-state index in [2.05, 4.69) is 24.0 Å². The fourth-order valence-electron chi connectivity index (χ4n) is 3.52. The van der Waals surface area contributed by atoms with Gasteiger partial charge in [-0.2, -0.15) is 0 Å². The van der Waals surface area contributed by atoms with E-state index in [0.29, 0.717) is 12.2 Å². The summed E-state index contributed by atoms with van der Waals surface area (Å²) in [6.07, 6.45) is -0.333. The molecule has 23 heavy (non-hydrogen) atoms. The van der Waals surface area contributed by atoms with Gasteiger partial charge in [0.25, 0.3) is 0 Å². The number of nitrogens with zero attached hydrogens (tertiary/aromatic N) is 1. The summed E-state index contributed by atoms with van der Waals surface area (Å²) in [5.74, 6) is -0.236. The van der Waals surface area contributed by atoms with Crippen LogP contribution in [-0.2, 0) is 9.47 Å². The second-order valence-electron chi connectivity index (χ2n) is 6.03. The summed E-state index contributed by atoms with van der Waals surface area (Å²) in [6.45, 7) is 3.50. The van der Waals surface area contributed by atoms with Gasteiger partial charge in [0, 0.05) is 18.2 Å². The van der Waals surface area contributed by atoms with Crippen LogP contribution in [0.1, 0.15) is 40.7 Å². The van der Waals surface area contributed by atoms with Crippen molar-refractivity contribution >= 4 is 5.97 Å². The van der Waals surface area contributed by atoms with Gasteiger partial charge in [-0.05, 0) is 18.6 Å². The molecule has 0 saturated carbocycles. The summed E-state index contributed by atoms with van der Waals surface area (Å²) in [4.78, 5) is 14.3. The molecular formula is C19H19NO3. The van der Waals surface area contributed by atoms with Crippen molar-refractivity contribution in [3.8, 4) is 0 Å². The third-order valence-corrected chi connectivity index (χ3v) is 4.70. The molecule has 2 heterocycles. The average Bonchev–Trinajstić information content (AvgIpc) is 2.93. The SMILES string of the molecule is CC1C(c2ccccc2)OCCN1C1OC(=O)c2ccccc21. The largest absolute Gasteiger partial charge is 0.438 e. The molecule has 2 aromatic carbocycles. The van der Waals surface area contributed by atoms with Crippen LogP contribution in [0.15, 0.2) is 54.6 Å². The molecule has 0 aromatic heterocycles. The molecule has 4 heteroatoms. The van der Waals surface area contributed by atoms with Crippen molar-refractivity contribution in [2.24, 2.45) is 0 Å². The lowest BCUT2D eigenvalue weighted by atomic mass is 9.99. The Morgan fingerprint density at radius 2 is 1.78 bits per heavy atom. The van der Waals surface area contributed by atoms with Gasteiger partial charge in [-0.25, -0.2) is 4.79 Å². The summed E-state index contributed by atoms with van der Waals surface area (Å²) >= 11 is 0. The first-order valence-electron chi connectivity index (χ1n) is 7.98. The van der Waals surface area contributed by atoms with Crippen molar-refractivity contribution in [2.75, 3.05) is 13.2 Å². The molecule has 0 N–H and O–H groups in total. The molecule has 0 amide bonds. The lowest BCUT2D eigenvalue weighted by Crippen LogP contribution is -2.47. The van der Waals surface area contributed by atoms with Crippen LogP contribution in [0.3, 0.4) is 0 Å². The number of carbonyl (C=O) groups is 1. The van der Waals surface area contributed by atoms with E-state index in [1.807, 2.05) is 42.5 Å². The van der Waals surface area contributed by atoms with Crippen molar-refractivity contribution in [3.63, 3.8) is 0 Å². The molecule has 2 aliphatic rings. The van der Waals surface area contributed by atoms with Crippen LogP contribution < -0.4 is 0 Å². The fourth-order valence-corrected chi connectivity index (χ4v) is 3.52. The molecule has 4 nitrogen and oxygen atoms in total. The Morgan fingerprint density at radius 1 is 1.04 bits per heavy atom. The number of hydrogen-bond acceptors (Lipinski definition) is 4. The van der Waals surface area contributed by atoms with E-state index in [1.54, 1.807) is 0 Å². The number of ether oxygens (including phenoxy) is 2. The highest BCUT2D eigenvalue weighted by atomic mass is 16.6. The van der Waals surface area contributed by atoms with Crippen molar-refractivity contribution in [2.45, 2.75) is 25.3 Å². The Hall–Kier alpha value is -2.17. The van der Waals surface area contributed by atoms with Crippen LogP contribution >= 0.6 is 0 Å². The van der Waals surface area contributed by atoms with E-state index >= 15 is 0 Å². The zero-order valence-electron chi connectivity index (χ0n) is 13.0. The van der Waals surface area contributed by atoms with Crippen LogP contribution in [0.25, 0.3) is 0 Å². The first kappa shape index (κ1) is 14.4. The summed E-state index contributed by atoms with van der Waals surface area (Å²) < 4.78 is 11.7. The maximum atomic E-state index is 12.1. The third-order valence-electron chi connectivity index (χ3n) is 4.70. The molecular weight excluding hydrogens is 290 g/mol. The Bertz CT molecular complexity index is 716. The van der Waals surface area contributed by atoms with E-state index in [-0.39, 0.29) is 24.3 Å². The Kier molecular flexibility index (Phi) is 3.63. The van der Waals surface area contributed by atoms with Crippen LogP contribution in [0.2, 0.25) is 0 Å². The van der Waals surface area contributed by atoms with E-state index in [9.17, 15) is 4.79 Å². The number of benzene rings is 2. The Balaban J connectivity index is 1.64. The minimum atomic E-state index is -0.316. The summed E-state index contributed by atoms with van der Waals surface area (Å²) in [5.41, 5.74) is 2.79. The first-order valence-corrected chi connectivity index (χ1v) is 7.98. The van der Waals surface area contributed by atoms with Crippen LogP contribution in [0, 0.1) is 0 Å². The van der Waals surface area contributed by atoms with Crippen molar-refractivity contribution in [1.82, 2.24) is 4.90 Å². The zero-order valence-corrected chi connectivity index (χ0v) is 13.0. The number of hydrogen-bond donors (Lipinski definition) is 0.